The highest BCUT2D eigenvalue weighted by atomic mass is 19.1. The van der Waals surface area contributed by atoms with Gasteiger partial charge in [-0.3, -0.25) is 14.9 Å². The predicted octanol–water partition coefficient (Wildman–Crippen LogP) is 2.19. The summed E-state index contributed by atoms with van der Waals surface area (Å²) in [6.45, 7) is 1.31. The van der Waals surface area contributed by atoms with Gasteiger partial charge in [-0.2, -0.15) is 4.39 Å². The van der Waals surface area contributed by atoms with Gasteiger partial charge in [0.05, 0.1) is 10.5 Å². The lowest BCUT2D eigenvalue weighted by Gasteiger charge is -2.04. The van der Waals surface area contributed by atoms with Gasteiger partial charge in [-0.15, -0.1) is 0 Å². The molecule has 0 atom stereocenters. The lowest BCUT2D eigenvalue weighted by atomic mass is 10.2. The van der Waals surface area contributed by atoms with Crippen molar-refractivity contribution in [2.45, 2.75) is 20.0 Å². The molecule has 0 fully saturated rings. The maximum Gasteiger partial charge on any atom is 0.311 e. The van der Waals surface area contributed by atoms with Crippen molar-refractivity contribution in [1.29, 1.82) is 0 Å². The van der Waals surface area contributed by atoms with Gasteiger partial charge in [0.15, 0.2) is 0 Å². The maximum absolute atomic E-state index is 13.1. The number of nitrogens with zero attached hydrogens (tertiary/aromatic N) is 1. The Morgan fingerprint density at radius 2 is 2.25 bits per heavy atom. The summed E-state index contributed by atoms with van der Waals surface area (Å²) < 4.78 is 17.8. The summed E-state index contributed by atoms with van der Waals surface area (Å²) in [7, 11) is 0. The zero-order chi connectivity index (χ0) is 12.1. The quantitative estimate of drug-likeness (QED) is 0.449. The van der Waals surface area contributed by atoms with Gasteiger partial charge in [0.1, 0.15) is 6.61 Å². The number of carbonyl (C=O) groups excluding carboxylic acids is 1. The lowest BCUT2D eigenvalue weighted by molar-refractivity contribution is -0.388. The first-order valence-corrected chi connectivity index (χ1v) is 4.63. The third kappa shape index (κ3) is 2.75. The van der Waals surface area contributed by atoms with E-state index in [1.807, 2.05) is 0 Å². The van der Waals surface area contributed by atoms with Gasteiger partial charge < -0.3 is 4.74 Å². The van der Waals surface area contributed by atoms with E-state index >= 15 is 0 Å². The van der Waals surface area contributed by atoms with Crippen molar-refractivity contribution >= 4 is 11.7 Å². The smallest absolute Gasteiger partial charge is 0.311 e. The highest BCUT2D eigenvalue weighted by Gasteiger charge is 2.20. The molecular formula is C10H10FNO4. The summed E-state index contributed by atoms with van der Waals surface area (Å²) in [4.78, 5) is 20.6. The number of ether oxygens (including phenoxy) is 1. The Bertz CT molecular complexity index is 419. The maximum atomic E-state index is 13.1. The Morgan fingerprint density at radius 3 is 2.81 bits per heavy atom. The molecule has 0 N–H and O–H groups in total. The molecule has 1 aromatic carbocycles. The zero-order valence-electron chi connectivity index (χ0n) is 8.60. The van der Waals surface area contributed by atoms with Crippen molar-refractivity contribution in [3.8, 4) is 0 Å². The minimum atomic E-state index is -0.935. The molecule has 1 rings (SSSR count). The van der Waals surface area contributed by atoms with Crippen molar-refractivity contribution in [3.63, 3.8) is 0 Å². The number of hydrogen-bond acceptors (Lipinski definition) is 4. The number of hydrogen-bond donors (Lipinski definition) is 0. The fourth-order valence-electron chi connectivity index (χ4n) is 1.14. The molecule has 16 heavy (non-hydrogen) atoms. The number of benzene rings is 1. The van der Waals surface area contributed by atoms with Crippen LogP contribution in [0.4, 0.5) is 10.1 Å². The Morgan fingerprint density at radius 1 is 1.56 bits per heavy atom. The SMILES string of the molecule is CCC(=O)OCc1cccc(F)c1[N+](=O)[O-]. The summed E-state index contributed by atoms with van der Waals surface area (Å²) in [5.41, 5.74) is -0.599. The Kier molecular flexibility index (Phi) is 3.93. The second kappa shape index (κ2) is 5.20. The van der Waals surface area contributed by atoms with Gasteiger partial charge in [-0.1, -0.05) is 13.0 Å². The molecule has 5 nitrogen and oxygen atoms in total. The molecular weight excluding hydrogens is 217 g/mol. The molecule has 0 bridgehead atoms. The van der Waals surface area contributed by atoms with E-state index in [0.717, 1.165) is 6.07 Å². The largest absolute Gasteiger partial charge is 0.461 e. The third-order valence-electron chi connectivity index (χ3n) is 1.93. The third-order valence-corrected chi connectivity index (χ3v) is 1.93. The molecule has 0 heterocycles. The molecule has 0 aliphatic carbocycles. The van der Waals surface area contributed by atoms with Crippen molar-refractivity contribution in [2.75, 3.05) is 0 Å². The van der Waals surface area contributed by atoms with Crippen LogP contribution in [0.5, 0.6) is 0 Å². The molecule has 86 valence electrons. The average Bonchev–Trinajstić information content (AvgIpc) is 2.25. The monoisotopic (exact) mass is 227 g/mol. The van der Waals surface area contributed by atoms with Crippen LogP contribution < -0.4 is 0 Å². The van der Waals surface area contributed by atoms with E-state index < -0.39 is 22.4 Å². The van der Waals surface area contributed by atoms with E-state index in [9.17, 15) is 19.3 Å². The molecule has 6 heteroatoms. The van der Waals surface area contributed by atoms with E-state index in [1.54, 1.807) is 6.92 Å². The number of nitro benzene ring substituents is 1. The standard InChI is InChI=1S/C10H10FNO4/c1-2-9(13)16-6-7-4-3-5-8(11)10(7)12(14)15/h3-5H,2,6H2,1H3. The van der Waals surface area contributed by atoms with E-state index in [1.165, 1.54) is 12.1 Å². The summed E-state index contributed by atoms with van der Waals surface area (Å²) in [6.07, 6.45) is 0.170. The number of para-hydroxylation sites is 1. The molecule has 0 aliphatic heterocycles. The number of carbonyl (C=O) groups is 1. The molecule has 0 saturated carbocycles. The second-order valence-electron chi connectivity index (χ2n) is 3.02. The van der Waals surface area contributed by atoms with Crippen molar-refractivity contribution < 1.29 is 18.8 Å². The molecule has 0 spiro atoms. The first kappa shape index (κ1) is 12.1. The Labute approximate surface area is 91.0 Å². The molecule has 0 aromatic heterocycles. The number of rotatable bonds is 4. The summed E-state index contributed by atoms with van der Waals surface area (Å²) in [5, 5.41) is 10.6. The van der Waals surface area contributed by atoms with Crippen molar-refractivity contribution in [1.82, 2.24) is 0 Å². The first-order chi connectivity index (χ1) is 7.56. The molecule has 0 radical (unpaired) electrons. The minimum Gasteiger partial charge on any atom is -0.461 e. The number of halogens is 1. The van der Waals surface area contributed by atoms with Crippen LogP contribution in [-0.4, -0.2) is 10.9 Å². The van der Waals surface area contributed by atoms with E-state index in [-0.39, 0.29) is 18.6 Å². The zero-order valence-corrected chi connectivity index (χ0v) is 8.60. The second-order valence-corrected chi connectivity index (χ2v) is 3.02. The fraction of sp³-hybridized carbons (Fsp3) is 0.300. The average molecular weight is 227 g/mol. The Hall–Kier alpha value is -1.98. The molecule has 0 unspecified atom stereocenters. The Balaban J connectivity index is 2.91. The van der Waals surface area contributed by atoms with Crippen molar-refractivity contribution in [3.05, 3.63) is 39.7 Å². The van der Waals surface area contributed by atoms with E-state index in [2.05, 4.69) is 0 Å². The van der Waals surface area contributed by atoms with Crippen LogP contribution in [0.25, 0.3) is 0 Å². The van der Waals surface area contributed by atoms with Gasteiger partial charge in [0, 0.05) is 6.42 Å². The number of esters is 1. The fourth-order valence-corrected chi connectivity index (χ4v) is 1.14. The first-order valence-electron chi connectivity index (χ1n) is 4.63. The molecule has 0 saturated heterocycles. The van der Waals surface area contributed by atoms with Gasteiger partial charge in [-0.25, -0.2) is 0 Å². The predicted molar refractivity (Wildman–Crippen MR) is 53.1 cm³/mol. The van der Waals surface area contributed by atoms with Gasteiger partial charge in [0.2, 0.25) is 5.82 Å². The number of nitro groups is 1. The molecule has 0 amide bonds. The van der Waals surface area contributed by atoms with Crippen LogP contribution in [0.3, 0.4) is 0 Å². The topological polar surface area (TPSA) is 69.4 Å². The summed E-state index contributed by atoms with van der Waals surface area (Å²) in [5.74, 6) is -1.42. The van der Waals surface area contributed by atoms with Crippen LogP contribution in [0, 0.1) is 15.9 Å². The van der Waals surface area contributed by atoms with Crippen LogP contribution in [-0.2, 0) is 16.1 Å². The normalized spacial score (nSPS) is 9.88. The lowest BCUT2D eigenvalue weighted by Crippen LogP contribution is -2.05. The highest BCUT2D eigenvalue weighted by Crippen LogP contribution is 2.22. The summed E-state index contributed by atoms with van der Waals surface area (Å²) >= 11 is 0. The van der Waals surface area contributed by atoms with Gasteiger partial charge in [-0.05, 0) is 12.1 Å². The molecule has 1 aromatic rings. The van der Waals surface area contributed by atoms with E-state index in [4.69, 9.17) is 4.74 Å². The van der Waals surface area contributed by atoms with Crippen LogP contribution in [0.1, 0.15) is 18.9 Å². The molecule has 0 aliphatic rings. The minimum absolute atomic E-state index is 0.0480. The van der Waals surface area contributed by atoms with Crippen molar-refractivity contribution in [2.24, 2.45) is 0 Å². The van der Waals surface area contributed by atoms with Gasteiger partial charge in [0.25, 0.3) is 0 Å². The van der Waals surface area contributed by atoms with Crippen LogP contribution in [0.15, 0.2) is 18.2 Å². The van der Waals surface area contributed by atoms with Crippen LogP contribution in [0.2, 0.25) is 0 Å². The van der Waals surface area contributed by atoms with Crippen LogP contribution >= 0.6 is 0 Å². The highest BCUT2D eigenvalue weighted by molar-refractivity contribution is 5.69. The van der Waals surface area contributed by atoms with Gasteiger partial charge >= 0.3 is 11.7 Å². The van der Waals surface area contributed by atoms with E-state index in [0.29, 0.717) is 0 Å². The summed E-state index contributed by atoms with van der Waals surface area (Å²) in [6, 6.07) is 3.67.